The van der Waals surface area contributed by atoms with Crippen molar-refractivity contribution in [1.29, 1.82) is 0 Å². The van der Waals surface area contributed by atoms with Crippen LogP contribution in [0.2, 0.25) is 0 Å². The van der Waals surface area contributed by atoms with Gasteiger partial charge in [-0.15, -0.1) is 0 Å². The summed E-state index contributed by atoms with van der Waals surface area (Å²) in [6.07, 6.45) is 7.51. The predicted octanol–water partition coefficient (Wildman–Crippen LogP) is 3.75. The van der Waals surface area contributed by atoms with Gasteiger partial charge in [0.25, 0.3) is 0 Å². The summed E-state index contributed by atoms with van der Waals surface area (Å²) in [6, 6.07) is 18.4. The fourth-order valence-electron chi connectivity index (χ4n) is 6.75. The average molecular weight is 477 g/mol. The van der Waals surface area contributed by atoms with E-state index in [0.29, 0.717) is 18.0 Å². The van der Waals surface area contributed by atoms with Crippen LogP contribution in [0.1, 0.15) is 66.4 Å². The summed E-state index contributed by atoms with van der Waals surface area (Å²) in [5.74, 6) is 0.277. The van der Waals surface area contributed by atoms with Crippen LogP contribution >= 0.6 is 0 Å². The van der Waals surface area contributed by atoms with Crippen molar-refractivity contribution in [2.45, 2.75) is 68.9 Å². The van der Waals surface area contributed by atoms with Gasteiger partial charge < -0.3 is 10.8 Å². The molecular formula is C29H40N4O2. The van der Waals surface area contributed by atoms with E-state index in [-0.39, 0.29) is 11.1 Å². The summed E-state index contributed by atoms with van der Waals surface area (Å²) in [7, 11) is 4.41. The number of nitrogens with zero attached hydrogens (tertiary/aromatic N) is 3. The van der Waals surface area contributed by atoms with E-state index in [2.05, 4.69) is 59.1 Å². The maximum Gasteiger partial charge on any atom is 0.248 e. The lowest BCUT2D eigenvalue weighted by molar-refractivity contribution is -0.104. The molecule has 0 radical (unpaired) electrons. The van der Waals surface area contributed by atoms with Crippen LogP contribution in [0.4, 0.5) is 0 Å². The number of amides is 1. The standard InChI is InChI=1S/C29H40N4O2/c1-31(2)29(25-12-4-3-5-13-25)16-14-28(15-17-29)21-32(27(35)33(28)20-22-8-6-9-22)19-23-10-7-11-24(18-23)26(30)34/h3-5,7,10-13,18,22,27,35H,6,8-9,14-17,19-21H2,1-2H3,(H2,30,34). The van der Waals surface area contributed by atoms with E-state index < -0.39 is 12.3 Å². The maximum atomic E-state index is 11.7. The van der Waals surface area contributed by atoms with Crippen molar-refractivity contribution < 1.29 is 9.90 Å². The molecule has 1 heterocycles. The van der Waals surface area contributed by atoms with Crippen LogP contribution in [0, 0.1) is 5.92 Å². The monoisotopic (exact) mass is 476 g/mol. The molecule has 1 aliphatic heterocycles. The molecule has 6 nitrogen and oxygen atoms in total. The Kier molecular flexibility index (Phi) is 6.75. The molecule has 2 aromatic rings. The van der Waals surface area contributed by atoms with Crippen LogP contribution < -0.4 is 5.73 Å². The van der Waals surface area contributed by atoms with Crippen molar-refractivity contribution in [3.63, 3.8) is 0 Å². The third-order valence-electron chi connectivity index (χ3n) is 9.16. The highest BCUT2D eigenvalue weighted by Gasteiger charge is 2.55. The highest BCUT2D eigenvalue weighted by atomic mass is 16.3. The van der Waals surface area contributed by atoms with Gasteiger partial charge in [0.2, 0.25) is 5.91 Å². The maximum absolute atomic E-state index is 11.7. The van der Waals surface area contributed by atoms with Gasteiger partial charge in [-0.25, -0.2) is 0 Å². The third kappa shape index (κ3) is 4.53. The van der Waals surface area contributed by atoms with E-state index in [1.54, 1.807) is 6.07 Å². The molecule has 1 spiro atoms. The Hall–Kier alpha value is -2.25. The summed E-state index contributed by atoms with van der Waals surface area (Å²) in [4.78, 5) is 18.7. The Balaban J connectivity index is 1.39. The topological polar surface area (TPSA) is 73.0 Å². The first-order valence-electron chi connectivity index (χ1n) is 13.1. The number of aliphatic hydroxyl groups is 1. The van der Waals surface area contributed by atoms with Crippen LogP contribution in [0.5, 0.6) is 0 Å². The van der Waals surface area contributed by atoms with Gasteiger partial charge in [0.05, 0.1) is 0 Å². The smallest absolute Gasteiger partial charge is 0.248 e. The lowest BCUT2D eigenvalue weighted by Crippen LogP contribution is -2.57. The molecule has 0 bridgehead atoms. The van der Waals surface area contributed by atoms with Crippen molar-refractivity contribution >= 4 is 5.91 Å². The number of hydrogen-bond donors (Lipinski definition) is 2. The van der Waals surface area contributed by atoms with E-state index in [1.807, 2.05) is 18.2 Å². The summed E-state index contributed by atoms with van der Waals surface area (Å²) in [5.41, 5.74) is 8.45. The van der Waals surface area contributed by atoms with Crippen molar-refractivity contribution in [3.05, 3.63) is 71.3 Å². The van der Waals surface area contributed by atoms with Gasteiger partial charge in [0.1, 0.15) is 0 Å². The lowest BCUT2D eigenvalue weighted by atomic mass is 9.68. The molecule has 1 saturated heterocycles. The Morgan fingerprint density at radius 2 is 1.77 bits per heavy atom. The molecule has 3 fully saturated rings. The third-order valence-corrected chi connectivity index (χ3v) is 9.16. The second kappa shape index (κ2) is 9.66. The minimum atomic E-state index is -0.601. The molecule has 188 valence electrons. The number of carbonyl (C=O) groups is 1. The van der Waals surface area contributed by atoms with Crippen LogP contribution in [-0.2, 0) is 12.1 Å². The average Bonchev–Trinajstić information content (AvgIpc) is 3.07. The molecule has 1 atom stereocenters. The molecule has 5 rings (SSSR count). The number of benzene rings is 2. The lowest BCUT2D eigenvalue weighted by Gasteiger charge is -2.52. The van der Waals surface area contributed by atoms with Crippen molar-refractivity contribution in [2.24, 2.45) is 11.7 Å². The molecular weight excluding hydrogens is 436 g/mol. The number of primary amides is 1. The van der Waals surface area contributed by atoms with Gasteiger partial charge in [0.15, 0.2) is 6.35 Å². The number of hydrogen-bond acceptors (Lipinski definition) is 5. The second-order valence-corrected chi connectivity index (χ2v) is 11.3. The number of carbonyl (C=O) groups excluding carboxylic acids is 1. The molecule has 1 amide bonds. The molecule has 2 aromatic carbocycles. The molecule has 2 saturated carbocycles. The Labute approximate surface area is 209 Å². The SMILES string of the molecule is CN(C)C1(c2ccccc2)CCC2(CC1)CN(Cc1cccc(C(N)=O)c1)C(O)N2CC1CCC1. The molecule has 6 heteroatoms. The van der Waals surface area contributed by atoms with Crippen LogP contribution in [0.15, 0.2) is 54.6 Å². The normalized spacial score (nSPS) is 30.1. The van der Waals surface area contributed by atoms with Crippen LogP contribution in [0.25, 0.3) is 0 Å². The summed E-state index contributed by atoms with van der Waals surface area (Å²) < 4.78 is 0. The number of aliphatic hydroxyl groups excluding tert-OH is 1. The molecule has 3 aliphatic rings. The van der Waals surface area contributed by atoms with E-state index in [1.165, 1.54) is 24.8 Å². The summed E-state index contributed by atoms with van der Waals surface area (Å²) in [6.45, 7) is 2.43. The van der Waals surface area contributed by atoms with Crippen LogP contribution in [-0.4, -0.2) is 64.8 Å². The van der Waals surface area contributed by atoms with E-state index >= 15 is 0 Å². The highest BCUT2D eigenvalue weighted by molar-refractivity contribution is 5.92. The molecule has 1 unspecified atom stereocenters. The Morgan fingerprint density at radius 1 is 1.06 bits per heavy atom. The highest BCUT2D eigenvalue weighted by Crippen LogP contribution is 2.50. The Bertz CT molecular complexity index is 1030. The fraction of sp³-hybridized carbons (Fsp3) is 0.552. The van der Waals surface area contributed by atoms with Crippen molar-refractivity contribution in [3.8, 4) is 0 Å². The van der Waals surface area contributed by atoms with Crippen molar-refractivity contribution in [1.82, 2.24) is 14.7 Å². The molecule has 35 heavy (non-hydrogen) atoms. The minimum absolute atomic E-state index is 0.0232. The van der Waals surface area contributed by atoms with E-state index in [4.69, 9.17) is 5.73 Å². The first kappa shape index (κ1) is 24.4. The van der Waals surface area contributed by atoms with E-state index in [0.717, 1.165) is 44.3 Å². The van der Waals surface area contributed by atoms with Gasteiger partial charge in [-0.1, -0.05) is 48.9 Å². The predicted molar refractivity (Wildman–Crippen MR) is 138 cm³/mol. The summed E-state index contributed by atoms with van der Waals surface area (Å²) >= 11 is 0. The molecule has 3 N–H and O–H groups in total. The van der Waals surface area contributed by atoms with Gasteiger partial charge >= 0.3 is 0 Å². The fourth-order valence-corrected chi connectivity index (χ4v) is 6.75. The molecule has 0 aromatic heterocycles. The summed E-state index contributed by atoms with van der Waals surface area (Å²) in [5, 5.41) is 11.6. The zero-order valence-corrected chi connectivity index (χ0v) is 21.2. The zero-order chi connectivity index (χ0) is 24.6. The van der Waals surface area contributed by atoms with Gasteiger partial charge in [-0.3, -0.25) is 19.5 Å². The zero-order valence-electron chi connectivity index (χ0n) is 21.2. The minimum Gasteiger partial charge on any atom is -0.366 e. The molecule has 2 aliphatic carbocycles. The first-order chi connectivity index (χ1) is 16.8. The van der Waals surface area contributed by atoms with Crippen LogP contribution in [0.3, 0.4) is 0 Å². The quantitative estimate of drug-likeness (QED) is 0.637. The van der Waals surface area contributed by atoms with Crippen molar-refractivity contribution in [2.75, 3.05) is 27.2 Å². The first-order valence-corrected chi connectivity index (χ1v) is 13.1. The van der Waals surface area contributed by atoms with Gasteiger partial charge in [-0.2, -0.15) is 0 Å². The number of rotatable bonds is 7. The van der Waals surface area contributed by atoms with E-state index in [9.17, 15) is 9.90 Å². The Morgan fingerprint density at radius 3 is 2.37 bits per heavy atom. The second-order valence-electron chi connectivity index (χ2n) is 11.3. The largest absolute Gasteiger partial charge is 0.366 e. The van der Waals surface area contributed by atoms with Gasteiger partial charge in [0, 0.05) is 36.3 Å². The van der Waals surface area contributed by atoms with Gasteiger partial charge in [-0.05, 0) is 81.8 Å². The number of nitrogens with two attached hydrogens (primary N) is 1.